The summed E-state index contributed by atoms with van der Waals surface area (Å²) in [6.07, 6.45) is 6.21. The summed E-state index contributed by atoms with van der Waals surface area (Å²) < 4.78 is 21.0. The lowest BCUT2D eigenvalue weighted by atomic mass is 9.62. The van der Waals surface area contributed by atoms with Gasteiger partial charge in [0.15, 0.2) is 0 Å². The molecule has 148 valence electrons. The van der Waals surface area contributed by atoms with Gasteiger partial charge >= 0.3 is 6.03 Å². The number of aromatic nitrogens is 3. The molecule has 1 aromatic heterocycles. The molecule has 3 heterocycles. The first-order valence-electron chi connectivity index (χ1n) is 9.51. The maximum Gasteiger partial charge on any atom is 0.320 e. The summed E-state index contributed by atoms with van der Waals surface area (Å²) in [6, 6.07) is 4.56. The van der Waals surface area contributed by atoms with Gasteiger partial charge in [-0.25, -0.2) is 9.18 Å². The highest BCUT2D eigenvalue weighted by molar-refractivity contribution is 6.32. The number of carbonyl (C=O) groups excluding carboxylic acids is 1. The molecule has 3 fully saturated rings. The second-order valence-electron chi connectivity index (χ2n) is 8.16. The molecule has 0 radical (unpaired) electrons. The van der Waals surface area contributed by atoms with E-state index in [2.05, 4.69) is 10.2 Å². The van der Waals surface area contributed by atoms with E-state index < -0.39 is 0 Å². The molecule has 0 bridgehead atoms. The number of urea groups is 1. The van der Waals surface area contributed by atoms with Crippen molar-refractivity contribution in [2.75, 3.05) is 26.2 Å². The van der Waals surface area contributed by atoms with E-state index >= 15 is 0 Å². The molecule has 1 spiro atoms. The SMILES string of the molecule is O=C(N1CCC(n2cnnc2)C1)N1CC2(CC(Oc3ccc(F)cc3Cl)C2)C1. The van der Waals surface area contributed by atoms with Gasteiger partial charge in [-0.2, -0.15) is 0 Å². The average Bonchev–Trinajstić information content (AvgIpc) is 3.28. The third-order valence-corrected chi connectivity index (χ3v) is 6.42. The zero-order chi connectivity index (χ0) is 19.3. The van der Waals surface area contributed by atoms with Gasteiger partial charge in [-0.1, -0.05) is 11.6 Å². The number of rotatable bonds is 3. The topological polar surface area (TPSA) is 63.5 Å². The van der Waals surface area contributed by atoms with E-state index in [0.29, 0.717) is 17.3 Å². The maximum absolute atomic E-state index is 13.1. The van der Waals surface area contributed by atoms with Crippen molar-refractivity contribution < 1.29 is 13.9 Å². The predicted molar refractivity (Wildman–Crippen MR) is 99.7 cm³/mol. The van der Waals surface area contributed by atoms with Crippen LogP contribution in [-0.4, -0.2) is 62.9 Å². The summed E-state index contributed by atoms with van der Waals surface area (Å²) in [5, 5.41) is 7.98. The van der Waals surface area contributed by atoms with Crippen LogP contribution in [0.1, 0.15) is 25.3 Å². The van der Waals surface area contributed by atoms with Gasteiger partial charge in [-0.3, -0.25) is 0 Å². The highest BCUT2D eigenvalue weighted by atomic mass is 35.5. The molecule has 1 atom stereocenters. The second kappa shape index (κ2) is 6.62. The maximum atomic E-state index is 13.1. The average molecular weight is 406 g/mol. The van der Waals surface area contributed by atoms with Gasteiger partial charge in [-0.05, 0) is 37.5 Å². The highest BCUT2D eigenvalue weighted by Gasteiger charge is 2.55. The Hall–Kier alpha value is -2.35. The van der Waals surface area contributed by atoms with Crippen LogP contribution in [0.5, 0.6) is 5.75 Å². The molecule has 1 aromatic carbocycles. The minimum atomic E-state index is -0.371. The molecule has 1 saturated carbocycles. The summed E-state index contributed by atoms with van der Waals surface area (Å²) in [4.78, 5) is 16.6. The number of nitrogens with zero attached hydrogens (tertiary/aromatic N) is 5. The summed E-state index contributed by atoms with van der Waals surface area (Å²) >= 11 is 6.03. The lowest BCUT2D eigenvalue weighted by molar-refractivity contribution is -0.103. The van der Waals surface area contributed by atoms with Gasteiger partial charge in [0.1, 0.15) is 30.3 Å². The standard InChI is InChI=1S/C19H21ClFN5O2/c20-16-5-13(21)1-2-17(16)28-15-6-19(7-15)9-25(10-19)18(27)24-4-3-14(8-24)26-11-22-23-12-26/h1-2,5,11-12,14-15H,3-4,6-10H2. The molecule has 3 aliphatic rings. The van der Waals surface area contributed by atoms with Crippen LogP contribution < -0.4 is 4.74 Å². The molecule has 2 aromatic rings. The van der Waals surface area contributed by atoms with E-state index in [-0.39, 0.29) is 29.4 Å². The van der Waals surface area contributed by atoms with E-state index in [4.69, 9.17) is 16.3 Å². The Kier molecular flexibility index (Phi) is 4.19. The van der Waals surface area contributed by atoms with Crippen LogP contribution in [-0.2, 0) is 0 Å². The van der Waals surface area contributed by atoms with Crippen molar-refractivity contribution >= 4 is 17.6 Å². The van der Waals surface area contributed by atoms with Crippen LogP contribution in [0.3, 0.4) is 0 Å². The first-order valence-corrected chi connectivity index (χ1v) is 9.89. The monoisotopic (exact) mass is 405 g/mol. The number of benzene rings is 1. The molecule has 28 heavy (non-hydrogen) atoms. The minimum absolute atomic E-state index is 0.0742. The number of hydrogen-bond donors (Lipinski definition) is 0. The lowest BCUT2D eigenvalue weighted by Crippen LogP contribution is -2.67. The molecule has 0 N–H and O–H groups in total. The molecule has 2 amide bonds. The Balaban J connectivity index is 1.10. The van der Waals surface area contributed by atoms with Gasteiger partial charge in [-0.15, -0.1) is 10.2 Å². The van der Waals surface area contributed by atoms with Gasteiger partial charge in [0.2, 0.25) is 0 Å². The van der Waals surface area contributed by atoms with Gasteiger partial charge in [0.05, 0.1) is 11.1 Å². The lowest BCUT2D eigenvalue weighted by Gasteiger charge is -2.58. The number of halogens is 2. The summed E-state index contributed by atoms with van der Waals surface area (Å²) in [7, 11) is 0. The van der Waals surface area contributed by atoms with Crippen LogP contribution in [0.4, 0.5) is 9.18 Å². The van der Waals surface area contributed by atoms with Crippen LogP contribution in [0.2, 0.25) is 5.02 Å². The van der Waals surface area contributed by atoms with Crippen LogP contribution in [0.25, 0.3) is 0 Å². The van der Waals surface area contributed by atoms with E-state index in [9.17, 15) is 9.18 Å². The molecule has 2 aliphatic heterocycles. The van der Waals surface area contributed by atoms with Crippen molar-refractivity contribution in [3.8, 4) is 5.75 Å². The van der Waals surface area contributed by atoms with E-state index in [1.165, 1.54) is 12.1 Å². The first kappa shape index (κ1) is 17.7. The Labute approximate surface area is 167 Å². The predicted octanol–water partition coefficient (Wildman–Crippen LogP) is 2.98. The summed E-state index contributed by atoms with van der Waals surface area (Å²) in [5.41, 5.74) is 0.167. The molecule has 5 rings (SSSR count). The number of likely N-dealkylation sites (tertiary alicyclic amines) is 2. The molecule has 7 nitrogen and oxygen atoms in total. The highest BCUT2D eigenvalue weighted by Crippen LogP contribution is 2.50. The second-order valence-corrected chi connectivity index (χ2v) is 8.57. The number of carbonyl (C=O) groups is 1. The van der Waals surface area contributed by atoms with Crippen LogP contribution >= 0.6 is 11.6 Å². The normalized spacial score (nSPS) is 23.6. The number of hydrogen-bond acceptors (Lipinski definition) is 4. The van der Waals surface area contributed by atoms with Gasteiger partial charge < -0.3 is 19.1 Å². The van der Waals surface area contributed by atoms with E-state index in [1.807, 2.05) is 14.4 Å². The Morgan fingerprint density at radius 1 is 1.21 bits per heavy atom. The smallest absolute Gasteiger partial charge is 0.320 e. The van der Waals surface area contributed by atoms with Crippen LogP contribution in [0, 0.1) is 11.2 Å². The van der Waals surface area contributed by atoms with Crippen molar-refractivity contribution in [2.24, 2.45) is 5.41 Å². The Morgan fingerprint density at radius 2 is 1.96 bits per heavy atom. The Bertz CT molecular complexity index is 878. The fourth-order valence-electron chi connectivity index (χ4n) is 4.65. The van der Waals surface area contributed by atoms with E-state index in [1.54, 1.807) is 18.7 Å². The number of ether oxygens (including phenoxy) is 1. The minimum Gasteiger partial charge on any atom is -0.489 e. The third kappa shape index (κ3) is 3.09. The molecular formula is C19H21ClFN5O2. The van der Waals surface area contributed by atoms with Gasteiger partial charge in [0.25, 0.3) is 0 Å². The number of amides is 2. The largest absolute Gasteiger partial charge is 0.489 e. The quantitative estimate of drug-likeness (QED) is 0.787. The zero-order valence-corrected chi connectivity index (χ0v) is 16.1. The Morgan fingerprint density at radius 3 is 2.68 bits per heavy atom. The van der Waals surface area contributed by atoms with Gasteiger partial charge in [0, 0.05) is 31.6 Å². The fourth-order valence-corrected chi connectivity index (χ4v) is 4.86. The van der Waals surface area contributed by atoms with Crippen molar-refractivity contribution in [1.82, 2.24) is 24.6 Å². The van der Waals surface area contributed by atoms with Crippen LogP contribution in [0.15, 0.2) is 30.9 Å². The fraction of sp³-hybridized carbons (Fsp3) is 0.526. The molecule has 2 saturated heterocycles. The van der Waals surface area contributed by atoms with Crippen molar-refractivity contribution in [2.45, 2.75) is 31.4 Å². The molecule has 1 aliphatic carbocycles. The van der Waals surface area contributed by atoms with E-state index in [0.717, 1.165) is 38.9 Å². The van der Waals surface area contributed by atoms with Crippen molar-refractivity contribution in [1.29, 1.82) is 0 Å². The molecular weight excluding hydrogens is 385 g/mol. The van der Waals surface area contributed by atoms with Crippen molar-refractivity contribution in [3.05, 3.63) is 41.7 Å². The van der Waals surface area contributed by atoms with Crippen molar-refractivity contribution in [3.63, 3.8) is 0 Å². The third-order valence-electron chi connectivity index (χ3n) is 6.12. The molecule has 9 heteroatoms. The zero-order valence-electron chi connectivity index (χ0n) is 15.3. The molecule has 1 unspecified atom stereocenters. The first-order chi connectivity index (χ1) is 13.5. The summed E-state index contributed by atoms with van der Waals surface area (Å²) in [6.45, 7) is 3.02. The summed E-state index contributed by atoms with van der Waals surface area (Å²) in [5.74, 6) is 0.149.